The minimum atomic E-state index is -3.93. The highest BCUT2D eigenvalue weighted by molar-refractivity contribution is 7.48. The summed E-state index contributed by atoms with van der Waals surface area (Å²) in [5.74, 6) is 0.160. The SMILES string of the molecule is CC(C)Oc1nc(N)nc2c1ncn2[C@@H]1O[C@@H]2COP(=O)(OC3CCCCC3)O[C@H]2[C@@]1(C)F. The number of hydrogen-bond acceptors (Lipinski definition) is 10. The fourth-order valence-corrected chi connectivity index (χ4v) is 6.33. The number of rotatable bonds is 5. The maximum absolute atomic E-state index is 16.2. The van der Waals surface area contributed by atoms with Crippen molar-refractivity contribution in [3.05, 3.63) is 6.33 Å². The highest BCUT2D eigenvalue weighted by atomic mass is 31.2. The molecule has 182 valence electrons. The summed E-state index contributed by atoms with van der Waals surface area (Å²) in [6.07, 6.45) is 2.53. The molecular weight excluding hydrogens is 456 g/mol. The van der Waals surface area contributed by atoms with Crippen molar-refractivity contribution in [1.82, 2.24) is 19.5 Å². The zero-order chi connectivity index (χ0) is 23.4. The number of hydrogen-bond donors (Lipinski definition) is 1. The molecule has 2 aliphatic heterocycles. The summed E-state index contributed by atoms with van der Waals surface area (Å²) in [5.41, 5.74) is 4.36. The third-order valence-electron chi connectivity index (χ3n) is 6.16. The molecule has 13 heteroatoms. The first-order valence-electron chi connectivity index (χ1n) is 11.3. The molecular formula is C20H29FN5O6P. The summed E-state index contributed by atoms with van der Waals surface area (Å²) in [7, 11) is -3.93. The van der Waals surface area contributed by atoms with Crippen molar-refractivity contribution in [2.75, 3.05) is 12.3 Å². The monoisotopic (exact) mass is 485 g/mol. The Morgan fingerprint density at radius 3 is 2.79 bits per heavy atom. The number of phosphoric acid groups is 1. The maximum Gasteiger partial charge on any atom is 0.475 e. The Kier molecular flexibility index (Phi) is 5.85. The second-order valence-corrected chi connectivity index (χ2v) is 10.8. The Hall–Kier alpha value is -1.85. The van der Waals surface area contributed by atoms with Crippen molar-refractivity contribution in [3.63, 3.8) is 0 Å². The third-order valence-corrected chi connectivity index (χ3v) is 7.66. The fraction of sp³-hybridized carbons (Fsp3) is 0.750. The zero-order valence-electron chi connectivity index (χ0n) is 18.8. The molecule has 4 heterocycles. The van der Waals surface area contributed by atoms with Crippen molar-refractivity contribution < 1.29 is 32.0 Å². The van der Waals surface area contributed by atoms with Crippen LogP contribution in [-0.4, -0.2) is 56.2 Å². The van der Waals surface area contributed by atoms with Gasteiger partial charge in [0.2, 0.25) is 11.8 Å². The fourth-order valence-electron chi connectivity index (χ4n) is 4.64. The second kappa shape index (κ2) is 8.42. The van der Waals surface area contributed by atoms with Crippen LogP contribution in [0.25, 0.3) is 11.2 Å². The number of aromatic nitrogens is 4. The molecule has 0 amide bonds. The molecule has 3 fully saturated rings. The van der Waals surface area contributed by atoms with Gasteiger partial charge < -0.3 is 15.2 Å². The highest BCUT2D eigenvalue weighted by Crippen LogP contribution is 2.60. The molecule has 1 saturated carbocycles. The molecule has 1 unspecified atom stereocenters. The molecule has 5 rings (SSSR count). The van der Waals surface area contributed by atoms with Crippen molar-refractivity contribution in [1.29, 1.82) is 0 Å². The molecule has 0 radical (unpaired) electrons. The minimum Gasteiger partial charge on any atom is -0.473 e. The van der Waals surface area contributed by atoms with Gasteiger partial charge in [-0.1, -0.05) is 19.3 Å². The lowest BCUT2D eigenvalue weighted by Crippen LogP contribution is -2.45. The molecule has 2 aromatic heterocycles. The molecule has 1 aliphatic carbocycles. The Morgan fingerprint density at radius 1 is 1.30 bits per heavy atom. The van der Waals surface area contributed by atoms with Crippen LogP contribution in [0.1, 0.15) is 59.1 Å². The smallest absolute Gasteiger partial charge is 0.473 e. The lowest BCUT2D eigenvalue weighted by Gasteiger charge is -2.35. The van der Waals surface area contributed by atoms with E-state index in [1.54, 1.807) is 0 Å². The van der Waals surface area contributed by atoms with Gasteiger partial charge in [0.25, 0.3) is 0 Å². The Bertz CT molecular complexity index is 1070. The third kappa shape index (κ3) is 4.23. The summed E-state index contributed by atoms with van der Waals surface area (Å²) in [4.78, 5) is 12.6. The van der Waals surface area contributed by atoms with E-state index in [-0.39, 0.29) is 36.3 Å². The van der Waals surface area contributed by atoms with Gasteiger partial charge in [0.1, 0.15) is 12.2 Å². The van der Waals surface area contributed by atoms with Gasteiger partial charge >= 0.3 is 7.82 Å². The standard InChI is InChI=1S/C20H29FN5O6P/c1-11(2)29-17-14-16(24-19(22)25-17)26(10-23-14)18-20(3,21)15-13(30-18)9-28-33(27,32-15)31-12-7-5-4-6-8-12/h10-13,15,18H,4-9H2,1-3H3,(H2,22,24,25)/t13-,15-,18-,20-,33?/m1/s1. The van der Waals surface area contributed by atoms with Crippen LogP contribution in [0.2, 0.25) is 0 Å². The first-order valence-corrected chi connectivity index (χ1v) is 12.7. The number of ether oxygens (including phenoxy) is 2. The van der Waals surface area contributed by atoms with E-state index in [4.69, 9.17) is 28.8 Å². The van der Waals surface area contributed by atoms with Crippen molar-refractivity contribution in [2.24, 2.45) is 0 Å². The molecule has 3 aliphatic rings. The lowest BCUT2D eigenvalue weighted by atomic mass is 9.98. The maximum atomic E-state index is 16.2. The molecule has 5 atom stereocenters. The van der Waals surface area contributed by atoms with Crippen LogP contribution in [0.3, 0.4) is 0 Å². The summed E-state index contributed by atoms with van der Waals surface area (Å²) < 4.78 is 59.2. The Labute approximate surface area is 190 Å². The topological polar surface area (TPSA) is 133 Å². The number of fused-ring (bicyclic) bond motifs is 2. The lowest BCUT2D eigenvalue weighted by molar-refractivity contribution is -0.0763. The molecule has 33 heavy (non-hydrogen) atoms. The Morgan fingerprint density at radius 2 is 2.06 bits per heavy atom. The number of nitrogen functional groups attached to an aromatic ring is 1. The molecule has 0 aromatic carbocycles. The normalized spacial score (nSPS) is 35.2. The van der Waals surface area contributed by atoms with Crippen molar-refractivity contribution >= 4 is 24.9 Å². The second-order valence-electron chi connectivity index (χ2n) is 9.19. The van der Waals surface area contributed by atoms with Crippen LogP contribution < -0.4 is 10.5 Å². The van der Waals surface area contributed by atoms with Gasteiger partial charge in [-0.2, -0.15) is 9.97 Å². The molecule has 11 nitrogen and oxygen atoms in total. The van der Waals surface area contributed by atoms with Gasteiger partial charge in [-0.05, 0) is 33.6 Å². The summed E-state index contributed by atoms with van der Waals surface area (Å²) in [6, 6.07) is 0. The minimum absolute atomic E-state index is 0.0409. The quantitative estimate of drug-likeness (QED) is 0.625. The van der Waals surface area contributed by atoms with E-state index in [1.165, 1.54) is 17.8 Å². The van der Waals surface area contributed by atoms with E-state index >= 15 is 4.39 Å². The molecule has 0 bridgehead atoms. The van der Waals surface area contributed by atoms with Crippen molar-refractivity contribution in [2.45, 2.75) is 89.2 Å². The van der Waals surface area contributed by atoms with Gasteiger partial charge in [0.15, 0.2) is 23.1 Å². The molecule has 0 spiro atoms. The number of phosphoric ester groups is 1. The van der Waals surface area contributed by atoms with Gasteiger partial charge in [0, 0.05) is 0 Å². The number of nitrogens with two attached hydrogens (primary N) is 1. The highest BCUT2D eigenvalue weighted by Gasteiger charge is 2.62. The van der Waals surface area contributed by atoms with Crippen LogP contribution >= 0.6 is 7.82 Å². The van der Waals surface area contributed by atoms with Crippen LogP contribution in [0, 0.1) is 0 Å². The largest absolute Gasteiger partial charge is 0.475 e. The Balaban J connectivity index is 1.42. The van der Waals surface area contributed by atoms with E-state index in [1.807, 2.05) is 13.8 Å². The average Bonchev–Trinajstić information content (AvgIpc) is 3.26. The predicted molar refractivity (Wildman–Crippen MR) is 115 cm³/mol. The van der Waals surface area contributed by atoms with E-state index in [2.05, 4.69) is 15.0 Å². The van der Waals surface area contributed by atoms with Gasteiger partial charge in [-0.3, -0.25) is 18.1 Å². The van der Waals surface area contributed by atoms with Crippen molar-refractivity contribution in [3.8, 4) is 5.88 Å². The molecule has 2 N–H and O–H groups in total. The number of anilines is 1. The number of imidazole rings is 1. The molecule has 2 aromatic rings. The zero-order valence-corrected chi connectivity index (χ0v) is 19.7. The average molecular weight is 485 g/mol. The number of alkyl halides is 1. The van der Waals surface area contributed by atoms with E-state index in [0.717, 1.165) is 32.1 Å². The van der Waals surface area contributed by atoms with E-state index in [9.17, 15) is 4.57 Å². The summed E-state index contributed by atoms with van der Waals surface area (Å²) in [5, 5.41) is 0. The van der Waals surface area contributed by atoms with Crippen LogP contribution in [-0.2, 0) is 22.9 Å². The number of nitrogens with zero attached hydrogens (tertiary/aromatic N) is 4. The summed E-state index contributed by atoms with van der Waals surface area (Å²) >= 11 is 0. The van der Waals surface area contributed by atoms with Crippen LogP contribution in [0.15, 0.2) is 6.33 Å². The van der Waals surface area contributed by atoms with Gasteiger partial charge in [-0.15, -0.1) is 0 Å². The number of halogens is 1. The first-order chi connectivity index (χ1) is 15.7. The molecule has 2 saturated heterocycles. The van der Waals surface area contributed by atoms with Gasteiger partial charge in [0.05, 0.1) is 25.1 Å². The van der Waals surface area contributed by atoms with Crippen LogP contribution in [0.5, 0.6) is 5.88 Å². The first kappa shape index (κ1) is 22.9. The predicted octanol–water partition coefficient (Wildman–Crippen LogP) is 3.69. The summed E-state index contributed by atoms with van der Waals surface area (Å²) in [6.45, 7) is 4.90. The van der Waals surface area contributed by atoms with E-state index < -0.39 is 31.9 Å². The van der Waals surface area contributed by atoms with E-state index in [0.29, 0.717) is 5.52 Å². The van der Waals surface area contributed by atoms with Crippen LogP contribution in [0.4, 0.5) is 10.3 Å². The van der Waals surface area contributed by atoms with Gasteiger partial charge in [-0.25, -0.2) is 13.9 Å².